The van der Waals surface area contributed by atoms with Crippen LogP contribution in [0.25, 0.3) is 11.0 Å². The highest BCUT2D eigenvalue weighted by Gasteiger charge is 2.23. The summed E-state index contributed by atoms with van der Waals surface area (Å²) in [5.41, 5.74) is 6.04. The number of benzene rings is 2. The molecule has 0 unspecified atom stereocenters. The third-order valence-electron chi connectivity index (χ3n) is 4.50. The quantitative estimate of drug-likeness (QED) is 0.719. The monoisotopic (exact) mass is 349 g/mol. The fourth-order valence-electron chi connectivity index (χ4n) is 3.17. The fraction of sp³-hybridized carbons (Fsp3) is 0.250. The van der Waals surface area contributed by atoms with Gasteiger partial charge in [-0.3, -0.25) is 4.79 Å². The zero-order valence-electron chi connectivity index (χ0n) is 14.1. The van der Waals surface area contributed by atoms with E-state index in [2.05, 4.69) is 11.1 Å². The standard InChI is InChI=1S/C20H19N3OS/c1-14-18(22-17-8-4-3-7-16(17)21-14)12-25-13-20(24)23-11-10-15-6-2-5-9-19(15)23/h2-9H,10-13H2,1H3. The lowest BCUT2D eigenvalue weighted by molar-refractivity contribution is -0.116. The van der Waals surface area contributed by atoms with E-state index in [0.717, 1.165) is 41.1 Å². The highest BCUT2D eigenvalue weighted by atomic mass is 32.2. The van der Waals surface area contributed by atoms with Crippen LogP contribution in [0.15, 0.2) is 48.5 Å². The molecule has 3 aromatic rings. The molecule has 1 amide bonds. The first-order valence-corrected chi connectivity index (χ1v) is 9.56. The number of thioether (sulfide) groups is 1. The van der Waals surface area contributed by atoms with Crippen LogP contribution in [0.5, 0.6) is 0 Å². The van der Waals surface area contributed by atoms with Crippen LogP contribution in [0, 0.1) is 6.92 Å². The van der Waals surface area contributed by atoms with Crippen molar-refractivity contribution in [3.63, 3.8) is 0 Å². The Labute approximate surface area is 151 Å². The van der Waals surface area contributed by atoms with Gasteiger partial charge in [-0.25, -0.2) is 9.97 Å². The fourth-order valence-corrected chi connectivity index (χ4v) is 4.07. The molecule has 5 heteroatoms. The van der Waals surface area contributed by atoms with Gasteiger partial charge in [0.1, 0.15) is 0 Å². The van der Waals surface area contributed by atoms with Gasteiger partial charge < -0.3 is 4.90 Å². The van der Waals surface area contributed by atoms with Crippen LogP contribution in [0.1, 0.15) is 17.0 Å². The van der Waals surface area contributed by atoms with E-state index in [1.54, 1.807) is 11.8 Å². The molecular formula is C20H19N3OS. The predicted octanol–water partition coefficient (Wildman–Crippen LogP) is 3.76. The SMILES string of the molecule is Cc1nc2ccccc2nc1CSCC(=O)N1CCc2ccccc21. The van der Waals surface area contributed by atoms with Gasteiger partial charge in [0.25, 0.3) is 0 Å². The minimum atomic E-state index is 0.168. The van der Waals surface area contributed by atoms with Crippen molar-refractivity contribution in [1.82, 2.24) is 9.97 Å². The molecule has 0 saturated heterocycles. The molecule has 0 N–H and O–H groups in total. The second kappa shape index (κ2) is 6.84. The molecule has 0 spiro atoms. The molecule has 25 heavy (non-hydrogen) atoms. The zero-order chi connectivity index (χ0) is 17.2. The number of nitrogens with zero attached hydrogens (tertiary/aromatic N) is 3. The molecule has 4 rings (SSSR count). The number of hydrogen-bond acceptors (Lipinski definition) is 4. The van der Waals surface area contributed by atoms with E-state index in [1.165, 1.54) is 5.56 Å². The van der Waals surface area contributed by atoms with E-state index < -0.39 is 0 Å². The molecule has 0 bridgehead atoms. The van der Waals surface area contributed by atoms with Crippen molar-refractivity contribution < 1.29 is 4.79 Å². The van der Waals surface area contributed by atoms with E-state index in [-0.39, 0.29) is 5.91 Å². The predicted molar refractivity (Wildman–Crippen MR) is 103 cm³/mol. The van der Waals surface area contributed by atoms with E-state index in [1.807, 2.05) is 54.3 Å². The number of rotatable bonds is 4. The smallest absolute Gasteiger partial charge is 0.237 e. The number of aromatic nitrogens is 2. The largest absolute Gasteiger partial charge is 0.311 e. The summed E-state index contributed by atoms with van der Waals surface area (Å²) in [6.07, 6.45) is 0.946. The first-order valence-electron chi connectivity index (χ1n) is 8.40. The van der Waals surface area contributed by atoms with Gasteiger partial charge in [0.2, 0.25) is 5.91 Å². The maximum Gasteiger partial charge on any atom is 0.237 e. The van der Waals surface area contributed by atoms with Crippen molar-refractivity contribution in [3.05, 3.63) is 65.5 Å². The molecule has 0 fully saturated rings. The molecule has 0 saturated carbocycles. The number of carbonyl (C=O) groups excluding carboxylic acids is 1. The van der Waals surface area contributed by atoms with Crippen LogP contribution in [0.3, 0.4) is 0 Å². The number of amides is 1. The number of para-hydroxylation sites is 3. The van der Waals surface area contributed by atoms with Crippen molar-refractivity contribution in [2.24, 2.45) is 0 Å². The first kappa shape index (κ1) is 16.1. The molecule has 1 aromatic heterocycles. The molecule has 0 atom stereocenters. The van der Waals surface area contributed by atoms with Gasteiger partial charge in [0, 0.05) is 18.0 Å². The lowest BCUT2D eigenvalue weighted by Crippen LogP contribution is -2.30. The van der Waals surface area contributed by atoms with Crippen LogP contribution < -0.4 is 4.90 Å². The van der Waals surface area contributed by atoms with Gasteiger partial charge in [0.15, 0.2) is 0 Å². The highest BCUT2D eigenvalue weighted by Crippen LogP contribution is 2.28. The van der Waals surface area contributed by atoms with Gasteiger partial charge in [0.05, 0.1) is 28.2 Å². The highest BCUT2D eigenvalue weighted by molar-refractivity contribution is 7.99. The van der Waals surface area contributed by atoms with Crippen LogP contribution in [-0.2, 0) is 17.0 Å². The summed E-state index contributed by atoms with van der Waals surface area (Å²) in [6, 6.07) is 16.0. The third-order valence-corrected chi connectivity index (χ3v) is 5.42. The normalized spacial score (nSPS) is 13.2. The summed E-state index contributed by atoms with van der Waals surface area (Å²) in [5, 5.41) is 0. The Kier molecular flexibility index (Phi) is 4.40. The maximum atomic E-state index is 12.6. The first-order chi connectivity index (χ1) is 12.2. The van der Waals surface area contributed by atoms with Crippen molar-refractivity contribution in [1.29, 1.82) is 0 Å². The van der Waals surface area contributed by atoms with Crippen molar-refractivity contribution in [2.45, 2.75) is 19.1 Å². The van der Waals surface area contributed by atoms with Crippen LogP contribution in [-0.4, -0.2) is 28.2 Å². The van der Waals surface area contributed by atoms with E-state index >= 15 is 0 Å². The second-order valence-corrected chi connectivity index (χ2v) is 7.15. The summed E-state index contributed by atoms with van der Waals surface area (Å²) in [7, 11) is 0. The Hall–Kier alpha value is -2.40. The summed E-state index contributed by atoms with van der Waals surface area (Å²) in [4.78, 5) is 23.8. The Morgan fingerprint density at radius 1 is 1.08 bits per heavy atom. The minimum Gasteiger partial charge on any atom is -0.311 e. The number of hydrogen-bond donors (Lipinski definition) is 0. The van der Waals surface area contributed by atoms with Crippen molar-refractivity contribution in [2.75, 3.05) is 17.2 Å². The maximum absolute atomic E-state index is 12.6. The molecular weight excluding hydrogens is 330 g/mol. The second-order valence-electron chi connectivity index (χ2n) is 6.16. The van der Waals surface area contributed by atoms with Crippen LogP contribution in [0.4, 0.5) is 5.69 Å². The minimum absolute atomic E-state index is 0.168. The number of fused-ring (bicyclic) bond motifs is 2. The van der Waals surface area contributed by atoms with Gasteiger partial charge in [-0.2, -0.15) is 0 Å². The summed E-state index contributed by atoms with van der Waals surface area (Å²) < 4.78 is 0. The van der Waals surface area contributed by atoms with E-state index in [0.29, 0.717) is 11.5 Å². The van der Waals surface area contributed by atoms with E-state index in [9.17, 15) is 4.79 Å². The molecule has 0 aliphatic carbocycles. The Balaban J connectivity index is 1.41. The summed E-state index contributed by atoms with van der Waals surface area (Å²) in [6.45, 7) is 2.77. The molecule has 126 valence electrons. The van der Waals surface area contributed by atoms with Crippen LogP contribution in [0.2, 0.25) is 0 Å². The van der Waals surface area contributed by atoms with Crippen LogP contribution >= 0.6 is 11.8 Å². The molecule has 0 radical (unpaired) electrons. The summed E-state index contributed by atoms with van der Waals surface area (Å²) >= 11 is 1.60. The Morgan fingerprint density at radius 3 is 2.64 bits per heavy atom. The lowest BCUT2D eigenvalue weighted by atomic mass is 10.2. The van der Waals surface area contributed by atoms with Crippen molar-refractivity contribution in [3.8, 4) is 0 Å². The summed E-state index contributed by atoms with van der Waals surface area (Å²) in [5.74, 6) is 1.33. The number of anilines is 1. The zero-order valence-corrected chi connectivity index (χ0v) is 14.9. The molecule has 2 heterocycles. The van der Waals surface area contributed by atoms with Crippen molar-refractivity contribution >= 4 is 34.4 Å². The van der Waals surface area contributed by atoms with E-state index in [4.69, 9.17) is 4.98 Å². The molecule has 1 aliphatic heterocycles. The topological polar surface area (TPSA) is 46.1 Å². The lowest BCUT2D eigenvalue weighted by Gasteiger charge is -2.17. The average Bonchev–Trinajstić information content (AvgIpc) is 3.06. The third kappa shape index (κ3) is 3.24. The Bertz CT molecular complexity index is 941. The van der Waals surface area contributed by atoms with Gasteiger partial charge in [-0.05, 0) is 37.1 Å². The molecule has 2 aromatic carbocycles. The average molecular weight is 349 g/mol. The van der Waals surface area contributed by atoms with Gasteiger partial charge in [-0.15, -0.1) is 11.8 Å². The Morgan fingerprint density at radius 2 is 1.80 bits per heavy atom. The van der Waals surface area contributed by atoms with Gasteiger partial charge in [-0.1, -0.05) is 30.3 Å². The van der Waals surface area contributed by atoms with Gasteiger partial charge >= 0.3 is 0 Å². The number of carbonyl (C=O) groups is 1. The molecule has 4 nitrogen and oxygen atoms in total. The molecule has 1 aliphatic rings. The number of aryl methyl sites for hydroxylation is 1.